The quantitative estimate of drug-likeness (QED) is 0.815. The Labute approximate surface area is 90.7 Å². The molecule has 2 N–H and O–H groups in total. The highest BCUT2D eigenvalue weighted by Gasteiger charge is 2.16. The Balaban J connectivity index is 3.46. The summed E-state index contributed by atoms with van der Waals surface area (Å²) < 4.78 is 21.1. The Morgan fingerprint density at radius 3 is 2.07 bits per heavy atom. The first-order valence-corrected chi connectivity index (χ1v) is 6.43. The molecule has 0 radical (unpaired) electrons. The van der Waals surface area contributed by atoms with E-state index >= 15 is 0 Å². The van der Waals surface area contributed by atoms with Crippen LogP contribution in [0.4, 0.5) is 0 Å². The van der Waals surface area contributed by atoms with Gasteiger partial charge < -0.3 is 10.2 Å². The van der Waals surface area contributed by atoms with Crippen molar-refractivity contribution < 1.29 is 25.9 Å². The number of aromatic carboxylic acids is 2. The fourth-order valence-corrected chi connectivity index (χ4v) is 2.29. The predicted molar refractivity (Wildman–Crippen MR) is 54.5 cm³/mol. The third-order valence-electron chi connectivity index (χ3n) is 1.61. The SMILES string of the molecule is O=C(O)c1ccc(I(=O)=O)c(C(=O)O)c1. The molecule has 0 aliphatic carbocycles. The van der Waals surface area contributed by atoms with Crippen molar-refractivity contribution in [3.05, 3.63) is 32.9 Å². The van der Waals surface area contributed by atoms with Gasteiger partial charge in [-0.15, -0.1) is 0 Å². The molecular weight excluding hydrogens is 319 g/mol. The smallest absolute Gasteiger partial charge is 0.341 e. The zero-order valence-electron chi connectivity index (χ0n) is 7.14. The van der Waals surface area contributed by atoms with Gasteiger partial charge >= 0.3 is 31.7 Å². The van der Waals surface area contributed by atoms with Crippen LogP contribution >= 0.6 is 19.8 Å². The number of carboxylic acid groups (broad SMARTS) is 2. The molecule has 0 saturated heterocycles. The highest BCUT2D eigenvalue weighted by molar-refractivity contribution is 14.2. The van der Waals surface area contributed by atoms with Gasteiger partial charge in [0.05, 0.1) is 14.7 Å². The van der Waals surface area contributed by atoms with Crippen molar-refractivity contribution in [2.24, 2.45) is 0 Å². The van der Waals surface area contributed by atoms with Crippen molar-refractivity contribution in [3.63, 3.8) is 0 Å². The average molecular weight is 324 g/mol. The molecule has 0 aromatic heterocycles. The molecule has 0 atom stereocenters. The second-order valence-electron chi connectivity index (χ2n) is 2.52. The second-order valence-corrected chi connectivity index (χ2v) is 4.92. The van der Waals surface area contributed by atoms with Crippen LogP contribution in [0.2, 0.25) is 0 Å². The van der Waals surface area contributed by atoms with Crippen molar-refractivity contribution in [1.29, 1.82) is 0 Å². The van der Waals surface area contributed by atoms with E-state index in [2.05, 4.69) is 0 Å². The normalized spacial score (nSPS) is 10.2. The van der Waals surface area contributed by atoms with Gasteiger partial charge in [-0.3, -0.25) is 0 Å². The summed E-state index contributed by atoms with van der Waals surface area (Å²) in [5.74, 6) is -2.76. The van der Waals surface area contributed by atoms with Crippen LogP contribution in [-0.4, -0.2) is 22.2 Å². The zero-order chi connectivity index (χ0) is 11.6. The number of benzene rings is 1. The minimum absolute atomic E-state index is 0.256. The fraction of sp³-hybridized carbons (Fsp3) is 0. The number of carbonyl (C=O) groups is 2. The van der Waals surface area contributed by atoms with Gasteiger partial charge in [-0.05, 0) is 18.2 Å². The third-order valence-corrected chi connectivity index (χ3v) is 3.50. The lowest BCUT2D eigenvalue weighted by Gasteiger charge is -1.99. The van der Waals surface area contributed by atoms with Gasteiger partial charge in [0.25, 0.3) is 0 Å². The van der Waals surface area contributed by atoms with E-state index in [9.17, 15) is 15.7 Å². The van der Waals surface area contributed by atoms with Crippen LogP contribution in [-0.2, 0) is 6.14 Å². The van der Waals surface area contributed by atoms with Crippen LogP contribution in [0.5, 0.6) is 0 Å². The van der Waals surface area contributed by atoms with E-state index < -0.39 is 37.3 Å². The summed E-state index contributed by atoms with van der Waals surface area (Å²) in [7, 11) is 0. The molecule has 0 bridgehead atoms. The van der Waals surface area contributed by atoms with E-state index in [1.165, 1.54) is 0 Å². The molecule has 0 spiro atoms. The maximum Gasteiger partial charge on any atom is 0.341 e. The lowest BCUT2D eigenvalue weighted by molar-refractivity contribution is 0.0695. The first kappa shape index (κ1) is 11.6. The predicted octanol–water partition coefficient (Wildman–Crippen LogP) is 1.45. The summed E-state index contributed by atoms with van der Waals surface area (Å²) >= 11 is -3.92. The summed E-state index contributed by atoms with van der Waals surface area (Å²) in [4.78, 5) is 21.2. The van der Waals surface area contributed by atoms with E-state index in [0.29, 0.717) is 0 Å². The van der Waals surface area contributed by atoms with Crippen molar-refractivity contribution >= 4 is 31.7 Å². The zero-order valence-corrected chi connectivity index (χ0v) is 9.29. The maximum absolute atomic E-state index is 10.7. The van der Waals surface area contributed by atoms with Gasteiger partial charge in [0.1, 0.15) is 0 Å². The van der Waals surface area contributed by atoms with Gasteiger partial charge in [0, 0.05) is 0 Å². The van der Waals surface area contributed by atoms with Crippen LogP contribution in [0.1, 0.15) is 20.7 Å². The second kappa shape index (κ2) is 4.34. The molecule has 6 nitrogen and oxygen atoms in total. The summed E-state index contributed by atoms with van der Waals surface area (Å²) in [6, 6.07) is 2.89. The number of hydrogen-bond donors (Lipinski definition) is 2. The Morgan fingerprint density at radius 1 is 1.07 bits per heavy atom. The molecule has 1 aromatic carbocycles. The Hall–Kier alpha value is -1.51. The molecule has 1 aromatic rings. The topological polar surface area (TPSA) is 109 Å². The monoisotopic (exact) mass is 324 g/mol. The van der Waals surface area contributed by atoms with Crippen LogP contribution < -0.4 is 0 Å². The first-order chi connectivity index (χ1) is 6.93. The fourth-order valence-electron chi connectivity index (χ4n) is 0.957. The lowest BCUT2D eigenvalue weighted by atomic mass is 10.1. The highest BCUT2D eigenvalue weighted by atomic mass is 127. The van der Waals surface area contributed by atoms with Gasteiger partial charge in [-0.1, -0.05) is 0 Å². The van der Waals surface area contributed by atoms with E-state index in [1.54, 1.807) is 0 Å². The van der Waals surface area contributed by atoms with Crippen LogP contribution in [0.15, 0.2) is 18.2 Å². The summed E-state index contributed by atoms with van der Waals surface area (Å²) in [6.45, 7) is 0. The molecule has 0 heterocycles. The first-order valence-electron chi connectivity index (χ1n) is 3.59. The van der Waals surface area contributed by atoms with Gasteiger partial charge in [-0.2, -0.15) is 0 Å². The van der Waals surface area contributed by atoms with Crippen molar-refractivity contribution in [1.82, 2.24) is 0 Å². The van der Waals surface area contributed by atoms with E-state index in [0.717, 1.165) is 18.2 Å². The summed E-state index contributed by atoms with van der Waals surface area (Å²) in [5, 5.41) is 17.3. The lowest BCUT2D eigenvalue weighted by Crippen LogP contribution is -2.04. The van der Waals surface area contributed by atoms with Crippen molar-refractivity contribution in [3.8, 4) is 0 Å². The number of halogens is 1. The Bertz CT molecular complexity index is 494. The standard InChI is InChI=1S/C8H5IO6/c10-7(11)4-1-2-6(9(14)15)5(3-4)8(12)13/h1-3H,(H,10,11)(H,12,13). The third kappa shape index (κ3) is 2.49. The highest BCUT2D eigenvalue weighted by Crippen LogP contribution is 2.22. The number of rotatable bonds is 3. The van der Waals surface area contributed by atoms with Crippen LogP contribution in [0.25, 0.3) is 0 Å². The van der Waals surface area contributed by atoms with E-state index in [4.69, 9.17) is 10.2 Å². The molecule has 80 valence electrons. The van der Waals surface area contributed by atoms with Crippen LogP contribution in [0, 0.1) is 3.57 Å². The minimum Gasteiger partial charge on any atom is -0.478 e. The van der Waals surface area contributed by atoms with Crippen molar-refractivity contribution in [2.75, 3.05) is 0 Å². The maximum atomic E-state index is 10.7. The number of hydrogen-bond acceptors (Lipinski definition) is 4. The van der Waals surface area contributed by atoms with Gasteiger partial charge in [0.2, 0.25) is 0 Å². The molecule has 15 heavy (non-hydrogen) atoms. The molecule has 0 aliphatic heterocycles. The molecule has 0 fully saturated rings. The Kier molecular flexibility index (Phi) is 3.35. The molecule has 0 amide bonds. The molecule has 0 unspecified atom stereocenters. The number of carboxylic acids is 2. The average Bonchev–Trinajstić information content (AvgIpc) is 2.16. The van der Waals surface area contributed by atoms with E-state index in [1.807, 2.05) is 0 Å². The van der Waals surface area contributed by atoms with E-state index in [-0.39, 0.29) is 9.13 Å². The summed E-state index contributed by atoms with van der Waals surface area (Å²) in [5.41, 5.74) is -0.751. The molecule has 1 rings (SSSR count). The van der Waals surface area contributed by atoms with Crippen molar-refractivity contribution in [2.45, 2.75) is 0 Å². The molecular formula is C8H5IO6. The summed E-state index contributed by atoms with van der Waals surface area (Å²) in [6.07, 6.45) is 0. The molecule has 0 saturated carbocycles. The Morgan fingerprint density at radius 2 is 1.67 bits per heavy atom. The minimum atomic E-state index is -3.92. The molecule has 7 heteroatoms. The van der Waals surface area contributed by atoms with Gasteiger partial charge in [-0.25, -0.2) is 15.7 Å². The van der Waals surface area contributed by atoms with Crippen LogP contribution in [0.3, 0.4) is 0 Å². The van der Waals surface area contributed by atoms with Gasteiger partial charge in [0.15, 0.2) is 0 Å². The molecule has 0 aliphatic rings. The largest absolute Gasteiger partial charge is 0.478 e.